The first-order chi connectivity index (χ1) is 13.3. The van der Waals surface area contributed by atoms with Gasteiger partial charge in [0.15, 0.2) is 11.1 Å². The minimum absolute atomic E-state index is 0.0363. The molecule has 0 atom stereocenters. The van der Waals surface area contributed by atoms with Crippen LogP contribution in [0, 0.1) is 0 Å². The maximum Gasteiger partial charge on any atom is 0.357 e. The molecule has 0 radical (unpaired) electrons. The number of aromatic hydroxyl groups is 1. The number of nitrogens with zero attached hydrogens (tertiary/aromatic N) is 2. The van der Waals surface area contributed by atoms with E-state index in [2.05, 4.69) is 0 Å². The lowest BCUT2D eigenvalue weighted by Gasteiger charge is -2.06. The molecule has 0 spiro atoms. The highest BCUT2D eigenvalue weighted by Crippen LogP contribution is 2.29. The van der Waals surface area contributed by atoms with Crippen molar-refractivity contribution in [3.8, 4) is 22.7 Å². The predicted octanol–water partition coefficient (Wildman–Crippen LogP) is 4.16. The molecule has 2 heterocycles. The van der Waals surface area contributed by atoms with Gasteiger partial charge < -0.3 is 5.11 Å². The van der Waals surface area contributed by atoms with Crippen LogP contribution < -0.4 is 9.96 Å². The molecule has 0 saturated carbocycles. The van der Waals surface area contributed by atoms with Crippen LogP contribution in [0.1, 0.15) is 0 Å². The second kappa shape index (κ2) is 6.07. The third kappa shape index (κ3) is 2.36. The van der Waals surface area contributed by atoms with Crippen LogP contribution in [0.25, 0.3) is 32.0 Å². The van der Waals surface area contributed by atoms with Crippen LogP contribution >= 0.6 is 11.3 Å². The van der Waals surface area contributed by atoms with Gasteiger partial charge >= 0.3 is 16.4 Å². The summed E-state index contributed by atoms with van der Waals surface area (Å²) in [5.74, 6) is -0.0363. The molecule has 3 aromatic carbocycles. The van der Waals surface area contributed by atoms with Crippen molar-refractivity contribution in [2.24, 2.45) is 0 Å². The largest absolute Gasteiger partial charge is 0.477 e. The monoisotopic (exact) mass is 371 g/mol. The quantitative estimate of drug-likeness (QED) is 0.474. The van der Waals surface area contributed by atoms with Crippen LogP contribution in [-0.4, -0.2) is 9.67 Å². The van der Waals surface area contributed by atoms with Crippen molar-refractivity contribution in [1.29, 1.82) is 0 Å². The van der Waals surface area contributed by atoms with Gasteiger partial charge in [0.2, 0.25) is 0 Å². The number of thiazole rings is 1. The minimum Gasteiger partial charge on any atom is -0.477 e. The summed E-state index contributed by atoms with van der Waals surface area (Å²) in [6.07, 6.45) is 0. The summed E-state index contributed by atoms with van der Waals surface area (Å²) in [4.78, 5) is 14.1. The van der Waals surface area contributed by atoms with Gasteiger partial charge in [-0.25, -0.2) is 4.79 Å². The highest BCUT2D eigenvalue weighted by Gasteiger charge is 2.29. The normalized spacial score (nSPS) is 11.3. The molecule has 0 aliphatic rings. The molecule has 0 fully saturated rings. The molecule has 5 aromatic rings. The summed E-state index contributed by atoms with van der Waals surface area (Å²) in [5.41, 5.74) is 2.38. The molecule has 0 unspecified atom stereocenters. The van der Waals surface area contributed by atoms with Crippen molar-refractivity contribution >= 4 is 26.5 Å². The summed E-state index contributed by atoms with van der Waals surface area (Å²) >= 11 is 1.48. The number of hydrogen-bond donors (Lipinski definition) is 1. The van der Waals surface area contributed by atoms with Gasteiger partial charge in [-0.2, -0.15) is 0 Å². The van der Waals surface area contributed by atoms with E-state index in [0.29, 0.717) is 16.1 Å². The van der Waals surface area contributed by atoms with Gasteiger partial charge in [0.05, 0.1) is 4.70 Å². The third-order valence-electron chi connectivity index (χ3n) is 4.62. The molecule has 4 nitrogen and oxygen atoms in total. The lowest BCUT2D eigenvalue weighted by molar-refractivity contribution is -0.492. The maximum absolute atomic E-state index is 13.5. The Morgan fingerprint density at radius 1 is 0.815 bits per heavy atom. The zero-order chi connectivity index (χ0) is 18.4. The SMILES string of the molecule is O=c1c(-c2ccccc2)c(O)[n+]2c3ccccc3sc2n1-c1ccccc1. The number of benzene rings is 3. The Hall–Kier alpha value is -3.44. The van der Waals surface area contributed by atoms with Crippen molar-refractivity contribution in [1.82, 2.24) is 4.57 Å². The smallest absolute Gasteiger partial charge is 0.357 e. The molecule has 5 rings (SSSR count). The van der Waals surface area contributed by atoms with Crippen molar-refractivity contribution in [3.05, 3.63) is 95.3 Å². The Balaban J connectivity index is 2.03. The van der Waals surface area contributed by atoms with Gasteiger partial charge in [-0.3, -0.25) is 0 Å². The molecular formula is C22H15N2O2S+. The molecule has 0 saturated heterocycles. The molecule has 0 amide bonds. The van der Waals surface area contributed by atoms with E-state index in [4.69, 9.17) is 0 Å². The number of aromatic nitrogens is 2. The number of fused-ring (bicyclic) bond motifs is 3. The zero-order valence-electron chi connectivity index (χ0n) is 14.2. The van der Waals surface area contributed by atoms with Gasteiger partial charge in [0.25, 0.3) is 0 Å². The average molecular weight is 371 g/mol. The van der Waals surface area contributed by atoms with E-state index in [0.717, 1.165) is 15.9 Å². The summed E-state index contributed by atoms with van der Waals surface area (Å²) in [5, 5.41) is 11.1. The first kappa shape index (κ1) is 15.8. The van der Waals surface area contributed by atoms with Crippen LogP contribution in [0.3, 0.4) is 0 Å². The fourth-order valence-electron chi connectivity index (χ4n) is 3.39. The van der Waals surface area contributed by atoms with Crippen molar-refractivity contribution in [2.45, 2.75) is 0 Å². The molecule has 0 aliphatic carbocycles. The van der Waals surface area contributed by atoms with Crippen LogP contribution in [-0.2, 0) is 0 Å². The topological polar surface area (TPSA) is 46.3 Å². The highest BCUT2D eigenvalue weighted by molar-refractivity contribution is 7.23. The summed E-state index contributed by atoms with van der Waals surface area (Å²) in [7, 11) is 0. The minimum atomic E-state index is -0.239. The van der Waals surface area contributed by atoms with Gasteiger partial charge in [-0.1, -0.05) is 60.7 Å². The second-order valence-electron chi connectivity index (χ2n) is 6.23. The van der Waals surface area contributed by atoms with Crippen molar-refractivity contribution in [2.75, 3.05) is 0 Å². The Morgan fingerprint density at radius 3 is 2.19 bits per heavy atom. The fraction of sp³-hybridized carbons (Fsp3) is 0. The number of para-hydroxylation sites is 2. The molecule has 27 heavy (non-hydrogen) atoms. The van der Waals surface area contributed by atoms with Crippen LogP contribution in [0.15, 0.2) is 89.7 Å². The molecule has 2 aromatic heterocycles. The first-order valence-corrected chi connectivity index (χ1v) is 9.39. The standard InChI is InChI=1S/C22H14N2O2S/c25-20-19(15-9-3-1-4-10-15)21(26)24-17-13-7-8-14-18(17)27-22(24)23(20)16-11-5-2-6-12-16/h1-14H/p+1. The van der Waals surface area contributed by atoms with Gasteiger partial charge in [0.1, 0.15) is 5.69 Å². The van der Waals surface area contributed by atoms with E-state index in [1.807, 2.05) is 84.9 Å². The number of rotatable bonds is 2. The summed E-state index contributed by atoms with van der Waals surface area (Å²) in [6, 6.07) is 26.7. The Labute approximate surface area is 158 Å². The summed E-state index contributed by atoms with van der Waals surface area (Å²) in [6.45, 7) is 0. The molecular weight excluding hydrogens is 356 g/mol. The van der Waals surface area contributed by atoms with Crippen LogP contribution in [0.4, 0.5) is 0 Å². The number of hydrogen-bond acceptors (Lipinski definition) is 3. The maximum atomic E-state index is 13.5. The predicted molar refractivity (Wildman–Crippen MR) is 108 cm³/mol. The van der Waals surface area contributed by atoms with Crippen LogP contribution in [0.5, 0.6) is 5.88 Å². The van der Waals surface area contributed by atoms with E-state index in [9.17, 15) is 9.90 Å². The van der Waals surface area contributed by atoms with E-state index < -0.39 is 0 Å². The fourth-order valence-corrected chi connectivity index (χ4v) is 4.56. The third-order valence-corrected chi connectivity index (χ3v) is 5.73. The Bertz CT molecular complexity index is 1340. The summed E-state index contributed by atoms with van der Waals surface area (Å²) < 4.78 is 4.44. The molecule has 5 heteroatoms. The van der Waals surface area contributed by atoms with E-state index in [1.54, 1.807) is 8.97 Å². The lowest BCUT2D eigenvalue weighted by Crippen LogP contribution is -2.33. The van der Waals surface area contributed by atoms with Crippen LogP contribution in [0.2, 0.25) is 0 Å². The molecule has 130 valence electrons. The van der Waals surface area contributed by atoms with Gasteiger partial charge in [0, 0.05) is 0 Å². The Morgan fingerprint density at radius 2 is 1.44 bits per heavy atom. The first-order valence-electron chi connectivity index (χ1n) is 8.58. The molecule has 0 bridgehead atoms. The average Bonchev–Trinajstić information content (AvgIpc) is 3.09. The van der Waals surface area contributed by atoms with E-state index >= 15 is 0 Å². The van der Waals surface area contributed by atoms with Crippen molar-refractivity contribution in [3.63, 3.8) is 0 Å². The van der Waals surface area contributed by atoms with E-state index in [-0.39, 0.29) is 11.4 Å². The zero-order valence-corrected chi connectivity index (χ0v) is 15.1. The van der Waals surface area contributed by atoms with Gasteiger partial charge in [-0.15, -0.1) is 8.97 Å². The highest BCUT2D eigenvalue weighted by atomic mass is 32.1. The molecule has 1 N–H and O–H groups in total. The van der Waals surface area contributed by atoms with E-state index in [1.165, 1.54) is 11.3 Å². The second-order valence-corrected chi connectivity index (χ2v) is 7.24. The molecule has 0 aliphatic heterocycles. The Kier molecular flexibility index (Phi) is 3.55. The lowest BCUT2D eigenvalue weighted by atomic mass is 10.1. The van der Waals surface area contributed by atoms with Gasteiger partial charge in [-0.05, 0) is 41.2 Å². The van der Waals surface area contributed by atoms with Crippen molar-refractivity contribution < 1.29 is 9.51 Å².